The Hall–Kier alpha value is -3.74. The number of hydrogen-bond donors (Lipinski definition) is 1. The van der Waals surface area contributed by atoms with Crippen molar-refractivity contribution in [2.45, 2.75) is 13.8 Å². The van der Waals surface area contributed by atoms with Gasteiger partial charge >= 0.3 is 12.0 Å². The van der Waals surface area contributed by atoms with E-state index in [0.717, 1.165) is 10.5 Å². The minimum Gasteiger partial charge on any atom is -0.426 e. The van der Waals surface area contributed by atoms with Gasteiger partial charge in [-0.15, -0.1) is 0 Å². The molecule has 0 unspecified atom stereocenters. The van der Waals surface area contributed by atoms with E-state index in [1.54, 1.807) is 42.5 Å². The molecule has 1 fully saturated rings. The Kier molecular flexibility index (Phi) is 4.85. The van der Waals surface area contributed by atoms with Crippen LogP contribution in [0.5, 0.6) is 5.75 Å². The molecule has 1 N–H and O–H groups in total. The first kappa shape index (κ1) is 18.1. The number of amides is 4. The molecule has 1 aliphatic rings. The summed E-state index contributed by atoms with van der Waals surface area (Å²) in [6.07, 6.45) is 1.30. The zero-order chi connectivity index (χ0) is 19.6. The summed E-state index contributed by atoms with van der Waals surface area (Å²) in [6, 6.07) is 12.5. The van der Waals surface area contributed by atoms with Crippen molar-refractivity contribution in [3.8, 4) is 5.75 Å². The summed E-state index contributed by atoms with van der Waals surface area (Å²) in [4.78, 5) is 49.5. The lowest BCUT2D eigenvalue weighted by molar-refractivity contribution is -0.132. The van der Waals surface area contributed by atoms with E-state index in [2.05, 4.69) is 5.32 Å². The van der Waals surface area contributed by atoms with Crippen molar-refractivity contribution in [3.05, 3.63) is 65.2 Å². The number of ether oxygens (including phenoxy) is 1. The van der Waals surface area contributed by atoms with Crippen LogP contribution >= 0.6 is 0 Å². The molecule has 27 heavy (non-hydrogen) atoms. The van der Waals surface area contributed by atoms with Gasteiger partial charge in [0.15, 0.2) is 0 Å². The quantitative estimate of drug-likeness (QED) is 0.391. The molecule has 0 spiro atoms. The molecule has 7 nitrogen and oxygen atoms in total. The zero-order valence-electron chi connectivity index (χ0n) is 14.7. The molecule has 0 aliphatic carbocycles. The lowest BCUT2D eigenvalue weighted by atomic mass is 10.1. The third kappa shape index (κ3) is 3.77. The number of nitrogens with zero attached hydrogens (tertiary/aromatic N) is 1. The smallest absolute Gasteiger partial charge is 0.335 e. The summed E-state index contributed by atoms with van der Waals surface area (Å²) < 4.78 is 5.10. The number of barbiturate groups is 1. The minimum absolute atomic E-state index is 0.206. The van der Waals surface area contributed by atoms with Gasteiger partial charge in [0, 0.05) is 12.5 Å². The number of hydrogen-bond acceptors (Lipinski definition) is 5. The van der Waals surface area contributed by atoms with Gasteiger partial charge in [-0.2, -0.15) is 0 Å². The predicted molar refractivity (Wildman–Crippen MR) is 97.9 cm³/mol. The molecule has 2 aromatic carbocycles. The molecule has 7 heteroatoms. The lowest BCUT2D eigenvalue weighted by Crippen LogP contribution is -2.54. The highest BCUT2D eigenvalue weighted by Crippen LogP contribution is 2.25. The van der Waals surface area contributed by atoms with E-state index >= 15 is 0 Å². The second kappa shape index (κ2) is 7.25. The first-order valence-corrected chi connectivity index (χ1v) is 8.12. The van der Waals surface area contributed by atoms with Crippen molar-refractivity contribution in [2.24, 2.45) is 0 Å². The van der Waals surface area contributed by atoms with E-state index in [1.165, 1.54) is 13.0 Å². The normalized spacial score (nSPS) is 15.7. The van der Waals surface area contributed by atoms with Gasteiger partial charge < -0.3 is 4.74 Å². The van der Waals surface area contributed by atoms with Gasteiger partial charge in [0.05, 0.1) is 5.69 Å². The molecule has 0 aromatic heterocycles. The second-order valence-electron chi connectivity index (χ2n) is 5.93. The van der Waals surface area contributed by atoms with Crippen molar-refractivity contribution >= 4 is 35.6 Å². The maximum absolute atomic E-state index is 12.9. The molecule has 0 atom stereocenters. The van der Waals surface area contributed by atoms with Crippen LogP contribution in [0.15, 0.2) is 54.1 Å². The summed E-state index contributed by atoms with van der Waals surface area (Å²) in [6.45, 7) is 3.08. The van der Waals surface area contributed by atoms with Crippen molar-refractivity contribution in [2.75, 3.05) is 4.90 Å². The molecule has 136 valence electrons. The van der Waals surface area contributed by atoms with E-state index in [0.29, 0.717) is 11.3 Å². The van der Waals surface area contributed by atoms with Gasteiger partial charge in [0.25, 0.3) is 11.8 Å². The maximum Gasteiger partial charge on any atom is 0.335 e. The Morgan fingerprint density at radius 2 is 1.81 bits per heavy atom. The number of para-hydroxylation sites is 1. The van der Waals surface area contributed by atoms with Crippen LogP contribution in [0.1, 0.15) is 18.1 Å². The highest BCUT2D eigenvalue weighted by atomic mass is 16.5. The standard InChI is InChI=1S/C20H16N2O5/c1-12-6-5-8-15(10-12)22-19(25)16(18(24)21-20(22)26)11-14-7-3-4-9-17(14)27-13(2)23/h3-11H,1-2H3,(H,21,24,26). The molecule has 1 heterocycles. The molecule has 2 aromatic rings. The van der Waals surface area contributed by atoms with Crippen LogP contribution in [0, 0.1) is 6.92 Å². The highest BCUT2D eigenvalue weighted by Gasteiger charge is 2.37. The van der Waals surface area contributed by atoms with Gasteiger partial charge in [0.2, 0.25) is 0 Å². The highest BCUT2D eigenvalue weighted by molar-refractivity contribution is 6.39. The molecule has 4 amide bonds. The van der Waals surface area contributed by atoms with E-state index < -0.39 is 23.8 Å². The summed E-state index contributed by atoms with van der Waals surface area (Å²) in [5, 5.41) is 2.16. The molecule has 0 radical (unpaired) electrons. The van der Waals surface area contributed by atoms with Gasteiger partial charge in [0.1, 0.15) is 11.3 Å². The molecule has 0 saturated carbocycles. The van der Waals surface area contributed by atoms with Crippen molar-refractivity contribution in [3.63, 3.8) is 0 Å². The van der Waals surface area contributed by atoms with E-state index in [1.807, 2.05) is 13.0 Å². The number of esters is 1. The van der Waals surface area contributed by atoms with Crippen LogP contribution in [-0.2, 0) is 14.4 Å². The van der Waals surface area contributed by atoms with Crippen molar-refractivity contribution in [1.29, 1.82) is 0 Å². The summed E-state index contributed by atoms with van der Waals surface area (Å²) in [5.41, 5.74) is 1.33. The van der Waals surface area contributed by atoms with Crippen molar-refractivity contribution in [1.82, 2.24) is 5.32 Å². The first-order chi connectivity index (χ1) is 12.9. The third-order valence-electron chi connectivity index (χ3n) is 3.83. The molecular formula is C20H16N2O5. The topological polar surface area (TPSA) is 92.8 Å². The average molecular weight is 364 g/mol. The minimum atomic E-state index is -0.818. The molecule has 0 bridgehead atoms. The molecule has 3 rings (SSSR count). The summed E-state index contributed by atoms with van der Waals surface area (Å²) in [7, 11) is 0. The predicted octanol–water partition coefficient (Wildman–Crippen LogP) is 2.59. The van der Waals surface area contributed by atoms with Gasteiger partial charge in [-0.05, 0) is 36.8 Å². The van der Waals surface area contributed by atoms with Crippen LogP contribution in [0.4, 0.5) is 10.5 Å². The van der Waals surface area contributed by atoms with Gasteiger partial charge in [-0.25, -0.2) is 9.69 Å². The number of anilines is 1. The molecule has 1 aliphatic heterocycles. The largest absolute Gasteiger partial charge is 0.426 e. The van der Waals surface area contributed by atoms with E-state index in [-0.39, 0.29) is 11.3 Å². The second-order valence-corrected chi connectivity index (χ2v) is 5.93. The van der Waals surface area contributed by atoms with E-state index in [4.69, 9.17) is 4.74 Å². The number of rotatable bonds is 3. The number of benzene rings is 2. The monoisotopic (exact) mass is 364 g/mol. The maximum atomic E-state index is 12.9. The third-order valence-corrected chi connectivity index (χ3v) is 3.83. The SMILES string of the molecule is CC(=O)Oc1ccccc1C=C1C(=O)NC(=O)N(c2cccc(C)c2)C1=O. The number of carbonyl (C=O) groups is 4. The van der Waals surface area contributed by atoms with Crippen molar-refractivity contribution < 1.29 is 23.9 Å². The number of urea groups is 1. The van der Waals surface area contributed by atoms with Crippen LogP contribution in [0.2, 0.25) is 0 Å². The Balaban J connectivity index is 2.04. The van der Waals surface area contributed by atoms with Crippen LogP contribution in [-0.4, -0.2) is 23.8 Å². The Morgan fingerprint density at radius 1 is 1.07 bits per heavy atom. The van der Waals surface area contributed by atoms with Gasteiger partial charge in [-0.3, -0.25) is 19.7 Å². The van der Waals surface area contributed by atoms with Crippen LogP contribution in [0.3, 0.4) is 0 Å². The van der Waals surface area contributed by atoms with Crippen LogP contribution < -0.4 is 15.0 Å². The summed E-state index contributed by atoms with van der Waals surface area (Å²) in [5.74, 6) is -1.90. The molecular weight excluding hydrogens is 348 g/mol. The number of nitrogens with one attached hydrogen (secondary N) is 1. The Morgan fingerprint density at radius 3 is 2.52 bits per heavy atom. The Bertz CT molecular complexity index is 993. The van der Waals surface area contributed by atoms with E-state index in [9.17, 15) is 19.2 Å². The zero-order valence-corrected chi connectivity index (χ0v) is 14.7. The van der Waals surface area contributed by atoms with Gasteiger partial charge in [-0.1, -0.05) is 30.3 Å². The number of imide groups is 2. The fraction of sp³-hybridized carbons (Fsp3) is 0.100. The average Bonchev–Trinajstić information content (AvgIpc) is 2.59. The number of aryl methyl sites for hydroxylation is 1. The first-order valence-electron chi connectivity index (χ1n) is 8.12. The summed E-state index contributed by atoms with van der Waals surface area (Å²) >= 11 is 0. The van der Waals surface area contributed by atoms with Crippen LogP contribution in [0.25, 0.3) is 6.08 Å². The molecule has 1 saturated heterocycles. The Labute approximate surface area is 155 Å². The fourth-order valence-electron chi connectivity index (χ4n) is 2.66. The number of carbonyl (C=O) groups excluding carboxylic acids is 4. The lowest BCUT2D eigenvalue weighted by Gasteiger charge is -2.26. The fourth-order valence-corrected chi connectivity index (χ4v) is 2.66.